The van der Waals surface area contributed by atoms with Crippen molar-refractivity contribution in [2.45, 2.75) is 18.7 Å². The highest BCUT2D eigenvalue weighted by atomic mass is 35.5. The van der Waals surface area contributed by atoms with Gasteiger partial charge < -0.3 is 14.2 Å². The minimum Gasteiger partial charge on any atom is -0.493 e. The van der Waals surface area contributed by atoms with Crippen LogP contribution in [0.5, 0.6) is 17.2 Å². The van der Waals surface area contributed by atoms with Gasteiger partial charge in [-0.1, -0.05) is 52.5 Å². The molecule has 3 aromatic rings. The zero-order chi connectivity index (χ0) is 23.3. The van der Waals surface area contributed by atoms with E-state index in [-0.39, 0.29) is 6.04 Å². The van der Waals surface area contributed by atoms with Crippen molar-refractivity contribution in [1.29, 1.82) is 0 Å². The second-order valence-electron chi connectivity index (χ2n) is 7.66. The maximum atomic E-state index is 6.55. The van der Waals surface area contributed by atoms with Gasteiger partial charge >= 0.3 is 0 Å². The topological polar surface area (TPSA) is 43.3 Å². The third-order valence-corrected chi connectivity index (χ3v) is 6.81. The van der Waals surface area contributed by atoms with Crippen molar-refractivity contribution >= 4 is 52.1 Å². The highest BCUT2D eigenvalue weighted by Gasteiger charge is 2.42. The number of nitrogens with zero attached hydrogens (tertiary/aromatic N) is 2. The first-order chi connectivity index (χ1) is 15.9. The molecule has 0 saturated carbocycles. The molecule has 33 heavy (non-hydrogen) atoms. The fourth-order valence-electron chi connectivity index (χ4n) is 4.21. The summed E-state index contributed by atoms with van der Waals surface area (Å²) in [6, 6.07) is 14.4. The molecule has 9 heteroatoms. The Kier molecular flexibility index (Phi) is 6.00. The summed E-state index contributed by atoms with van der Waals surface area (Å²) in [5.74, 6) is 1.85. The third-order valence-electron chi connectivity index (χ3n) is 5.75. The van der Waals surface area contributed by atoms with E-state index in [9.17, 15) is 0 Å². The van der Waals surface area contributed by atoms with Crippen LogP contribution in [0.3, 0.4) is 0 Å². The Hall–Kier alpha value is -2.31. The van der Waals surface area contributed by atoms with Gasteiger partial charge in [-0.05, 0) is 42.5 Å². The van der Waals surface area contributed by atoms with Gasteiger partial charge in [0, 0.05) is 33.2 Å². The molecule has 2 heterocycles. The Labute approximate surface area is 211 Å². The lowest BCUT2D eigenvalue weighted by Gasteiger charge is -2.39. The first kappa shape index (κ1) is 22.5. The van der Waals surface area contributed by atoms with Crippen molar-refractivity contribution in [3.63, 3.8) is 0 Å². The average Bonchev–Trinajstić information content (AvgIpc) is 3.24. The molecule has 0 saturated heterocycles. The van der Waals surface area contributed by atoms with Crippen molar-refractivity contribution in [1.82, 2.24) is 5.01 Å². The zero-order valence-corrected chi connectivity index (χ0v) is 20.6. The van der Waals surface area contributed by atoms with Crippen molar-refractivity contribution in [3.8, 4) is 17.2 Å². The molecule has 170 valence electrons. The molecule has 2 aliphatic heterocycles. The van der Waals surface area contributed by atoms with E-state index in [0.717, 1.165) is 22.4 Å². The van der Waals surface area contributed by atoms with E-state index in [1.54, 1.807) is 32.4 Å². The summed E-state index contributed by atoms with van der Waals surface area (Å²) in [7, 11) is 3.21. The minimum atomic E-state index is -0.594. The fraction of sp³-hybridized carbons (Fsp3) is 0.208. The van der Waals surface area contributed by atoms with E-state index in [4.69, 9.17) is 65.7 Å². The summed E-state index contributed by atoms with van der Waals surface area (Å²) in [5.41, 5.74) is 3.38. The van der Waals surface area contributed by atoms with Crippen molar-refractivity contribution < 1.29 is 14.2 Å². The zero-order valence-electron chi connectivity index (χ0n) is 17.6. The molecule has 0 N–H and O–H groups in total. The first-order valence-electron chi connectivity index (χ1n) is 10.1. The number of hydrogen-bond acceptors (Lipinski definition) is 5. The van der Waals surface area contributed by atoms with Crippen LogP contribution >= 0.6 is 46.4 Å². The van der Waals surface area contributed by atoms with Crippen LogP contribution in [0.2, 0.25) is 20.1 Å². The van der Waals surface area contributed by atoms with Gasteiger partial charge in [-0.2, -0.15) is 5.10 Å². The SMILES string of the molecule is COc1ccc(C2=NN3[C@H](C2)c2cc(Cl)cc(Cl)c2O[C@H]3c2ccc(Cl)cc2Cl)cc1OC. The molecule has 2 atom stereocenters. The standard InChI is InChI=1S/C24H18Cl4N2O3/c1-31-21-6-3-12(7-22(21)32-2)19-11-20-16-8-14(26)10-18(28)23(16)33-24(30(20)29-19)15-5-4-13(25)9-17(15)27/h3-10,20,24H,11H2,1-2H3/t20-,24+/m1/s1. The Morgan fingerprint density at radius 2 is 1.61 bits per heavy atom. The summed E-state index contributed by atoms with van der Waals surface area (Å²) >= 11 is 25.5. The molecular formula is C24H18Cl4N2O3. The maximum Gasteiger partial charge on any atom is 0.215 e. The number of hydrogen-bond donors (Lipinski definition) is 0. The second-order valence-corrected chi connectivity index (χ2v) is 9.35. The smallest absolute Gasteiger partial charge is 0.215 e. The van der Waals surface area contributed by atoms with Gasteiger partial charge in [-0.15, -0.1) is 0 Å². The predicted molar refractivity (Wildman–Crippen MR) is 132 cm³/mol. The monoisotopic (exact) mass is 522 g/mol. The number of ether oxygens (including phenoxy) is 3. The van der Waals surface area contributed by atoms with E-state index in [1.807, 2.05) is 35.3 Å². The molecule has 0 amide bonds. The fourth-order valence-corrected chi connectivity index (χ4v) is 5.27. The molecule has 0 aromatic heterocycles. The third kappa shape index (κ3) is 3.97. The van der Waals surface area contributed by atoms with Crippen molar-refractivity contribution in [2.24, 2.45) is 5.10 Å². The molecule has 2 aliphatic rings. The van der Waals surface area contributed by atoms with Gasteiger partial charge in [-0.3, -0.25) is 0 Å². The van der Waals surface area contributed by atoms with E-state index in [1.165, 1.54) is 0 Å². The lowest BCUT2D eigenvalue weighted by molar-refractivity contribution is -0.0188. The van der Waals surface area contributed by atoms with Crippen LogP contribution in [0.4, 0.5) is 0 Å². The first-order valence-corrected chi connectivity index (χ1v) is 11.6. The molecular weight excluding hydrogens is 506 g/mol. The van der Waals surface area contributed by atoms with Crippen molar-refractivity contribution in [2.75, 3.05) is 14.2 Å². The quantitative estimate of drug-likeness (QED) is 0.354. The summed E-state index contributed by atoms with van der Waals surface area (Å²) in [4.78, 5) is 0. The highest BCUT2D eigenvalue weighted by molar-refractivity contribution is 6.36. The summed E-state index contributed by atoms with van der Waals surface area (Å²) in [5, 5.41) is 8.83. The van der Waals surface area contributed by atoms with Crippen LogP contribution in [-0.2, 0) is 0 Å². The van der Waals surface area contributed by atoms with E-state index in [2.05, 4.69) is 0 Å². The van der Waals surface area contributed by atoms with Crippen LogP contribution in [0.15, 0.2) is 53.6 Å². The highest BCUT2D eigenvalue weighted by Crippen LogP contribution is 2.51. The van der Waals surface area contributed by atoms with Gasteiger partial charge in [0.15, 0.2) is 11.5 Å². The molecule has 3 aromatic carbocycles. The van der Waals surface area contributed by atoms with E-state index >= 15 is 0 Å². The lowest BCUT2D eigenvalue weighted by atomic mass is 9.95. The number of rotatable bonds is 4. The molecule has 5 rings (SSSR count). The second kappa shape index (κ2) is 8.80. The number of halogens is 4. The van der Waals surface area contributed by atoms with E-state index in [0.29, 0.717) is 43.8 Å². The molecule has 0 radical (unpaired) electrons. The molecule has 0 fully saturated rings. The maximum absolute atomic E-state index is 6.55. The van der Waals surface area contributed by atoms with Gasteiger partial charge in [0.25, 0.3) is 0 Å². The molecule has 0 bridgehead atoms. The Morgan fingerprint density at radius 1 is 0.848 bits per heavy atom. The molecule has 0 aliphatic carbocycles. The number of hydrazone groups is 1. The number of fused-ring (bicyclic) bond motifs is 3. The number of methoxy groups -OCH3 is 2. The largest absolute Gasteiger partial charge is 0.493 e. The van der Waals surface area contributed by atoms with Crippen molar-refractivity contribution in [3.05, 3.63) is 85.3 Å². The Balaban J connectivity index is 1.63. The van der Waals surface area contributed by atoms with Crippen LogP contribution in [-0.4, -0.2) is 24.9 Å². The average molecular weight is 524 g/mol. The van der Waals surface area contributed by atoms with Crippen LogP contribution in [0.1, 0.15) is 35.4 Å². The van der Waals surface area contributed by atoms with Crippen LogP contribution in [0, 0.1) is 0 Å². The van der Waals surface area contributed by atoms with Gasteiger partial charge in [0.1, 0.15) is 5.75 Å². The molecule has 5 nitrogen and oxygen atoms in total. The lowest BCUT2D eigenvalue weighted by Crippen LogP contribution is -2.34. The van der Waals surface area contributed by atoms with Crippen LogP contribution in [0.25, 0.3) is 0 Å². The Morgan fingerprint density at radius 3 is 2.33 bits per heavy atom. The minimum absolute atomic E-state index is 0.148. The predicted octanol–water partition coefficient (Wildman–Crippen LogP) is 7.56. The summed E-state index contributed by atoms with van der Waals surface area (Å²) in [6.45, 7) is 0. The molecule has 0 spiro atoms. The van der Waals surface area contributed by atoms with Gasteiger partial charge in [0.2, 0.25) is 6.23 Å². The van der Waals surface area contributed by atoms with Crippen LogP contribution < -0.4 is 14.2 Å². The number of benzene rings is 3. The molecule has 0 unspecified atom stereocenters. The Bertz CT molecular complexity index is 1280. The van der Waals surface area contributed by atoms with Gasteiger partial charge in [-0.25, -0.2) is 5.01 Å². The van der Waals surface area contributed by atoms with E-state index < -0.39 is 6.23 Å². The normalized spacial score (nSPS) is 18.8. The van der Waals surface area contributed by atoms with Gasteiger partial charge in [0.05, 0.1) is 36.0 Å². The summed E-state index contributed by atoms with van der Waals surface area (Å²) in [6.07, 6.45) is 0.0214. The summed E-state index contributed by atoms with van der Waals surface area (Å²) < 4.78 is 17.2.